The Morgan fingerprint density at radius 2 is 1.77 bits per heavy atom. The summed E-state index contributed by atoms with van der Waals surface area (Å²) in [6.07, 6.45) is 0.553. The van der Waals surface area contributed by atoms with Crippen molar-refractivity contribution in [3.63, 3.8) is 0 Å². The summed E-state index contributed by atoms with van der Waals surface area (Å²) in [4.78, 5) is 25.9. The highest BCUT2D eigenvalue weighted by Crippen LogP contribution is 2.59. The van der Waals surface area contributed by atoms with E-state index < -0.39 is 47.2 Å². The molecule has 0 radical (unpaired) electrons. The van der Waals surface area contributed by atoms with Gasteiger partial charge in [0, 0.05) is 23.3 Å². The van der Waals surface area contributed by atoms with E-state index in [2.05, 4.69) is 0 Å². The first-order valence-electron chi connectivity index (χ1n) is 12.5. The highest BCUT2D eigenvalue weighted by atomic mass is 16.6. The molecule has 2 fully saturated rings. The Morgan fingerprint density at radius 3 is 2.31 bits per heavy atom. The van der Waals surface area contributed by atoms with Gasteiger partial charge in [-0.25, -0.2) is 9.59 Å². The largest absolute Gasteiger partial charge is 0.497 e. The van der Waals surface area contributed by atoms with E-state index >= 15 is 0 Å². The van der Waals surface area contributed by atoms with E-state index in [9.17, 15) is 19.8 Å². The molecule has 0 aliphatic heterocycles. The molecule has 0 bridgehead atoms. The van der Waals surface area contributed by atoms with Crippen molar-refractivity contribution in [3.05, 3.63) is 41.5 Å². The number of aliphatic hydroxyl groups is 2. The Kier molecular flexibility index (Phi) is 8.02. The van der Waals surface area contributed by atoms with Gasteiger partial charge in [-0.05, 0) is 62.8 Å². The fourth-order valence-electron chi connectivity index (χ4n) is 5.95. The summed E-state index contributed by atoms with van der Waals surface area (Å²) < 4.78 is 17.3. The van der Waals surface area contributed by atoms with Crippen LogP contribution in [0.1, 0.15) is 71.2 Å². The second-order valence-electron chi connectivity index (χ2n) is 10.8. The van der Waals surface area contributed by atoms with Crippen molar-refractivity contribution in [2.24, 2.45) is 23.2 Å². The van der Waals surface area contributed by atoms with E-state index in [0.29, 0.717) is 29.7 Å². The number of aliphatic hydroxyl groups excluding tert-OH is 1. The molecule has 7 nitrogen and oxygen atoms in total. The van der Waals surface area contributed by atoms with Gasteiger partial charge in [-0.15, -0.1) is 0 Å². The van der Waals surface area contributed by atoms with Crippen molar-refractivity contribution in [2.75, 3.05) is 7.11 Å². The van der Waals surface area contributed by atoms with Gasteiger partial charge in [0.2, 0.25) is 0 Å². The highest BCUT2D eigenvalue weighted by Gasteiger charge is 2.68. The van der Waals surface area contributed by atoms with E-state index in [1.807, 2.05) is 27.7 Å². The van der Waals surface area contributed by atoms with Crippen molar-refractivity contribution < 1.29 is 34.0 Å². The molecule has 35 heavy (non-hydrogen) atoms. The van der Waals surface area contributed by atoms with Gasteiger partial charge >= 0.3 is 11.9 Å². The molecule has 2 saturated carbocycles. The van der Waals surface area contributed by atoms with E-state index in [4.69, 9.17) is 14.2 Å². The van der Waals surface area contributed by atoms with Crippen LogP contribution in [0.15, 0.2) is 35.9 Å². The van der Waals surface area contributed by atoms with Gasteiger partial charge in [0.05, 0.1) is 24.4 Å². The van der Waals surface area contributed by atoms with E-state index in [1.54, 1.807) is 51.3 Å². The van der Waals surface area contributed by atoms with Crippen LogP contribution in [-0.2, 0) is 14.3 Å². The van der Waals surface area contributed by atoms with Crippen molar-refractivity contribution in [1.29, 1.82) is 0 Å². The zero-order chi connectivity index (χ0) is 26.1. The molecule has 2 aliphatic carbocycles. The average Bonchev–Trinajstić information content (AvgIpc) is 2.96. The van der Waals surface area contributed by atoms with Gasteiger partial charge in [-0.1, -0.05) is 33.8 Å². The van der Waals surface area contributed by atoms with Gasteiger partial charge in [0.1, 0.15) is 18.0 Å². The van der Waals surface area contributed by atoms with Gasteiger partial charge < -0.3 is 24.4 Å². The number of carbonyl (C=O) groups is 2. The second-order valence-corrected chi connectivity index (χ2v) is 10.8. The first-order chi connectivity index (χ1) is 16.4. The van der Waals surface area contributed by atoms with Crippen LogP contribution in [0, 0.1) is 23.2 Å². The van der Waals surface area contributed by atoms with Crippen molar-refractivity contribution in [3.8, 4) is 5.75 Å². The molecule has 0 saturated heterocycles. The maximum Gasteiger partial charge on any atom is 0.338 e. The van der Waals surface area contributed by atoms with E-state index in [0.717, 1.165) is 0 Å². The maximum absolute atomic E-state index is 13.2. The van der Waals surface area contributed by atoms with E-state index in [1.165, 1.54) is 0 Å². The summed E-state index contributed by atoms with van der Waals surface area (Å²) >= 11 is 0. The van der Waals surface area contributed by atoms with Crippen LogP contribution >= 0.6 is 0 Å². The lowest BCUT2D eigenvalue weighted by atomic mass is 9.66. The number of rotatable bonds is 6. The van der Waals surface area contributed by atoms with Crippen LogP contribution in [0.25, 0.3) is 0 Å². The van der Waals surface area contributed by atoms with Gasteiger partial charge in [0.15, 0.2) is 0 Å². The minimum absolute atomic E-state index is 0.0263. The van der Waals surface area contributed by atoms with Crippen LogP contribution in [0.2, 0.25) is 0 Å². The number of ether oxygens (including phenoxy) is 3. The molecule has 2 N–H and O–H groups in total. The molecule has 7 heteroatoms. The predicted molar refractivity (Wildman–Crippen MR) is 132 cm³/mol. The van der Waals surface area contributed by atoms with Gasteiger partial charge in [-0.3, -0.25) is 0 Å². The Morgan fingerprint density at radius 1 is 1.14 bits per heavy atom. The van der Waals surface area contributed by atoms with Gasteiger partial charge in [0.25, 0.3) is 0 Å². The number of hydrogen-bond acceptors (Lipinski definition) is 7. The fourth-order valence-corrected chi connectivity index (χ4v) is 5.95. The smallest absolute Gasteiger partial charge is 0.338 e. The quantitative estimate of drug-likeness (QED) is 0.455. The summed E-state index contributed by atoms with van der Waals surface area (Å²) in [5, 5.41) is 23.3. The molecule has 0 amide bonds. The fraction of sp³-hybridized carbons (Fsp3) is 0.643. The zero-order valence-electron chi connectivity index (χ0n) is 21.9. The minimum atomic E-state index is -1.30. The number of hydrogen-bond donors (Lipinski definition) is 2. The summed E-state index contributed by atoms with van der Waals surface area (Å²) in [5.41, 5.74) is -1.44. The van der Waals surface area contributed by atoms with E-state index in [-0.39, 0.29) is 18.3 Å². The Hall–Kier alpha value is -2.38. The lowest BCUT2D eigenvalue weighted by Crippen LogP contribution is -2.54. The number of allylic oxidation sites excluding steroid dienone is 1. The topological polar surface area (TPSA) is 102 Å². The first-order valence-corrected chi connectivity index (χ1v) is 12.5. The number of methoxy groups -OCH3 is 1. The molecule has 1 aromatic carbocycles. The first kappa shape index (κ1) is 27.2. The minimum Gasteiger partial charge on any atom is -0.497 e. The molecular weight excluding hydrogens is 448 g/mol. The number of carbonyl (C=O) groups excluding carboxylic acids is 2. The third-order valence-electron chi connectivity index (χ3n) is 8.35. The maximum atomic E-state index is 13.2. The molecule has 194 valence electrons. The molecule has 3 rings (SSSR count). The highest BCUT2D eigenvalue weighted by molar-refractivity contribution is 5.89. The lowest BCUT2D eigenvalue weighted by molar-refractivity contribution is -0.170. The Balaban J connectivity index is 2.03. The SMILES string of the molecule is C/C=C(/C)C(=O)O[C@@H]1CC(C)C[C@H](OC(=O)c2ccc(OC)cc2)[C@@H]2[C@]1(C)[C@H](O)C[C@@]2(O)C(C)C. The van der Waals surface area contributed by atoms with Crippen LogP contribution < -0.4 is 4.74 Å². The Labute approximate surface area is 208 Å². The number of benzene rings is 1. The summed E-state index contributed by atoms with van der Waals surface area (Å²) in [6, 6.07) is 6.67. The monoisotopic (exact) mass is 488 g/mol. The number of esters is 2. The molecule has 1 unspecified atom stereocenters. The number of fused-ring (bicyclic) bond motifs is 1. The van der Waals surface area contributed by atoms with Gasteiger partial charge in [-0.2, -0.15) is 0 Å². The van der Waals surface area contributed by atoms with Crippen LogP contribution in [-0.4, -0.2) is 53.2 Å². The molecule has 2 aliphatic rings. The predicted octanol–water partition coefficient (Wildman–Crippen LogP) is 4.30. The summed E-state index contributed by atoms with van der Waals surface area (Å²) in [7, 11) is 1.56. The third-order valence-corrected chi connectivity index (χ3v) is 8.35. The van der Waals surface area contributed by atoms with Crippen molar-refractivity contribution in [1.82, 2.24) is 0 Å². The van der Waals surface area contributed by atoms with Crippen LogP contribution in [0.5, 0.6) is 5.75 Å². The van der Waals surface area contributed by atoms with Crippen LogP contribution in [0.4, 0.5) is 0 Å². The third kappa shape index (κ3) is 4.98. The van der Waals surface area contributed by atoms with Crippen LogP contribution in [0.3, 0.4) is 0 Å². The molecule has 7 atom stereocenters. The molecule has 0 aromatic heterocycles. The average molecular weight is 489 g/mol. The zero-order valence-corrected chi connectivity index (χ0v) is 21.9. The van der Waals surface area contributed by atoms with Crippen molar-refractivity contribution in [2.45, 2.75) is 84.7 Å². The summed E-state index contributed by atoms with van der Waals surface area (Å²) in [5.74, 6) is -1.12. The normalized spacial score (nSPS) is 35.3. The molecule has 0 spiro atoms. The second kappa shape index (κ2) is 10.3. The standard InChI is InChI=1S/C28H40O7/c1-8-18(5)25(30)35-23-14-17(4)13-21(34-26(31)19-9-11-20(33-7)12-10-19)24-27(23,6)22(29)15-28(24,32)16(2)3/h8-12,16-17,21-24,29,32H,13-15H2,1-7H3/b18-8-/t17?,21-,22+,23+,24+,27+,28+/m0/s1. The van der Waals surface area contributed by atoms with Crippen molar-refractivity contribution >= 4 is 11.9 Å². The molecule has 0 heterocycles. The lowest BCUT2D eigenvalue weighted by Gasteiger charge is -2.45. The Bertz CT molecular complexity index is 953. The summed E-state index contributed by atoms with van der Waals surface area (Å²) in [6.45, 7) is 11.1. The molecule has 1 aromatic rings. The molecular formula is C28H40O7.